The molecule has 1 saturated heterocycles. The van der Waals surface area contributed by atoms with E-state index in [4.69, 9.17) is 26.2 Å². The van der Waals surface area contributed by atoms with Gasteiger partial charge in [-0.2, -0.15) is 0 Å². The maximum atomic E-state index is 10.8. The fraction of sp³-hybridized carbons (Fsp3) is 0.500. The Morgan fingerprint density at radius 2 is 1.71 bits per heavy atom. The predicted molar refractivity (Wildman–Crippen MR) is 134 cm³/mol. The zero-order valence-corrected chi connectivity index (χ0v) is 20.3. The van der Waals surface area contributed by atoms with E-state index in [1.165, 1.54) is 38.5 Å². The number of aliphatic hydroxyl groups excluding tert-OH is 1. The first kappa shape index (κ1) is 26.1. The molecule has 2 fully saturated rings. The number of amides is 1. The van der Waals surface area contributed by atoms with Crippen LogP contribution in [0.4, 0.5) is 10.5 Å². The van der Waals surface area contributed by atoms with Crippen molar-refractivity contribution >= 4 is 23.4 Å². The minimum atomic E-state index is -1.17. The average molecular weight is 491 g/mol. The molecule has 2 unspecified atom stereocenters. The molecule has 1 aliphatic heterocycles. The number of likely N-dealkylation sites (tertiary alicyclic amines) is 1. The Balaban J connectivity index is 0.000000469. The van der Waals surface area contributed by atoms with Gasteiger partial charge in [0.15, 0.2) is 0 Å². The van der Waals surface area contributed by atoms with Crippen LogP contribution in [0.15, 0.2) is 48.5 Å². The molecule has 0 radical (unpaired) electrons. The van der Waals surface area contributed by atoms with Crippen molar-refractivity contribution in [1.82, 2.24) is 4.90 Å². The van der Waals surface area contributed by atoms with Crippen molar-refractivity contribution in [2.75, 3.05) is 31.6 Å². The number of carbonyl (C=O) groups is 1. The van der Waals surface area contributed by atoms with Crippen LogP contribution in [0.2, 0.25) is 5.02 Å². The highest BCUT2D eigenvalue weighted by Gasteiger charge is 2.25. The van der Waals surface area contributed by atoms with E-state index < -0.39 is 12.2 Å². The van der Waals surface area contributed by atoms with Gasteiger partial charge < -0.3 is 19.7 Å². The molecule has 8 heteroatoms. The largest absolute Gasteiger partial charge is 0.489 e. The summed E-state index contributed by atoms with van der Waals surface area (Å²) in [5.74, 6) is 1.16. The summed E-state index contributed by atoms with van der Waals surface area (Å²) in [5.41, 5.74) is 0.347. The van der Waals surface area contributed by atoms with Crippen LogP contribution in [0.25, 0.3) is 0 Å². The van der Waals surface area contributed by atoms with Crippen LogP contribution in [0, 0.1) is 0 Å². The SMILES string of the molecule is C1CCCCC1.O=C(O)Nc1ccccc1OCC(O)CN1CCC(Oc2ccc(Cl)cc2)C1. The van der Waals surface area contributed by atoms with Crippen molar-refractivity contribution < 1.29 is 24.5 Å². The van der Waals surface area contributed by atoms with E-state index >= 15 is 0 Å². The van der Waals surface area contributed by atoms with Crippen LogP contribution in [0.3, 0.4) is 0 Å². The van der Waals surface area contributed by atoms with Gasteiger partial charge in [0.2, 0.25) is 0 Å². The van der Waals surface area contributed by atoms with Gasteiger partial charge in [-0.1, -0.05) is 62.3 Å². The Kier molecular flexibility index (Phi) is 10.8. The number of nitrogens with one attached hydrogen (secondary N) is 1. The highest BCUT2D eigenvalue weighted by atomic mass is 35.5. The third-order valence-corrected chi connectivity index (χ3v) is 6.13. The van der Waals surface area contributed by atoms with Gasteiger partial charge in [0, 0.05) is 24.7 Å². The average Bonchev–Trinajstić information content (AvgIpc) is 3.27. The number of anilines is 1. The summed E-state index contributed by atoms with van der Waals surface area (Å²) in [7, 11) is 0. The van der Waals surface area contributed by atoms with Crippen molar-refractivity contribution in [2.45, 2.75) is 57.2 Å². The van der Waals surface area contributed by atoms with Crippen molar-refractivity contribution in [2.24, 2.45) is 0 Å². The molecule has 3 N–H and O–H groups in total. The number of halogens is 1. The third-order valence-electron chi connectivity index (χ3n) is 5.87. The fourth-order valence-electron chi connectivity index (χ4n) is 4.17. The minimum absolute atomic E-state index is 0.0646. The number of rotatable bonds is 8. The number of para-hydroxylation sites is 2. The number of aliphatic hydroxyl groups is 1. The lowest BCUT2D eigenvalue weighted by Gasteiger charge is -2.21. The summed E-state index contributed by atoms with van der Waals surface area (Å²) >= 11 is 5.88. The first-order chi connectivity index (χ1) is 16.5. The van der Waals surface area contributed by atoms with E-state index in [0.29, 0.717) is 23.0 Å². The topological polar surface area (TPSA) is 91.3 Å². The van der Waals surface area contributed by atoms with Crippen molar-refractivity contribution in [1.29, 1.82) is 0 Å². The molecule has 0 bridgehead atoms. The molecule has 2 atom stereocenters. The number of carboxylic acid groups (broad SMARTS) is 1. The summed E-state index contributed by atoms with van der Waals surface area (Å²) in [5, 5.41) is 22.1. The molecule has 2 aromatic rings. The molecule has 7 nitrogen and oxygen atoms in total. The molecule has 0 spiro atoms. The lowest BCUT2D eigenvalue weighted by Crippen LogP contribution is -2.35. The van der Waals surface area contributed by atoms with E-state index in [-0.39, 0.29) is 12.7 Å². The molecule has 0 aromatic heterocycles. The molecule has 1 amide bonds. The summed E-state index contributed by atoms with van der Waals surface area (Å²) in [6.07, 6.45) is 8.07. The predicted octanol–water partition coefficient (Wildman–Crippen LogP) is 5.66. The number of hydrogen-bond donors (Lipinski definition) is 3. The summed E-state index contributed by atoms with van der Waals surface area (Å²) < 4.78 is 11.5. The van der Waals surface area contributed by atoms with Gasteiger partial charge in [-0.25, -0.2) is 4.79 Å². The van der Waals surface area contributed by atoms with Gasteiger partial charge in [-0.3, -0.25) is 10.2 Å². The summed E-state index contributed by atoms with van der Waals surface area (Å²) in [6, 6.07) is 14.0. The number of β-amino-alcohol motifs (C(OH)–C–C–N with tert-alkyl or cyclic N) is 1. The molecule has 1 aliphatic carbocycles. The molecule has 1 saturated carbocycles. The quantitative estimate of drug-likeness (QED) is 0.442. The third kappa shape index (κ3) is 9.41. The smallest absolute Gasteiger partial charge is 0.409 e. The molecule has 2 aromatic carbocycles. The van der Waals surface area contributed by atoms with Crippen LogP contribution < -0.4 is 14.8 Å². The van der Waals surface area contributed by atoms with Crippen LogP contribution >= 0.6 is 11.6 Å². The second-order valence-electron chi connectivity index (χ2n) is 8.75. The maximum Gasteiger partial charge on any atom is 0.409 e. The number of hydrogen-bond acceptors (Lipinski definition) is 5. The highest BCUT2D eigenvalue weighted by Crippen LogP contribution is 2.24. The van der Waals surface area contributed by atoms with Crippen LogP contribution in [0.1, 0.15) is 44.9 Å². The zero-order valence-electron chi connectivity index (χ0n) is 19.5. The Morgan fingerprint density at radius 3 is 2.35 bits per heavy atom. The van der Waals surface area contributed by atoms with Gasteiger partial charge >= 0.3 is 6.09 Å². The first-order valence-corrected chi connectivity index (χ1v) is 12.4. The second-order valence-corrected chi connectivity index (χ2v) is 9.19. The molecular formula is C26H35ClN2O5. The molecular weight excluding hydrogens is 456 g/mol. The van der Waals surface area contributed by atoms with Gasteiger partial charge in [0.05, 0.1) is 5.69 Å². The van der Waals surface area contributed by atoms with Gasteiger partial charge in [0.1, 0.15) is 30.3 Å². The fourth-order valence-corrected chi connectivity index (χ4v) is 4.30. The van der Waals surface area contributed by atoms with Crippen LogP contribution in [0.5, 0.6) is 11.5 Å². The Labute approximate surface area is 206 Å². The van der Waals surface area contributed by atoms with Crippen LogP contribution in [-0.4, -0.2) is 59.7 Å². The number of nitrogens with zero attached hydrogens (tertiary/aromatic N) is 1. The summed E-state index contributed by atoms with van der Waals surface area (Å²) in [4.78, 5) is 12.9. The number of ether oxygens (including phenoxy) is 2. The minimum Gasteiger partial charge on any atom is -0.489 e. The zero-order chi connectivity index (χ0) is 24.2. The van der Waals surface area contributed by atoms with Crippen molar-refractivity contribution in [3.63, 3.8) is 0 Å². The van der Waals surface area contributed by atoms with E-state index in [0.717, 1.165) is 25.3 Å². The van der Waals surface area contributed by atoms with E-state index in [9.17, 15) is 9.90 Å². The van der Waals surface area contributed by atoms with Gasteiger partial charge in [0.25, 0.3) is 0 Å². The molecule has 2 aliphatic rings. The molecule has 186 valence electrons. The molecule has 1 heterocycles. The summed E-state index contributed by atoms with van der Waals surface area (Å²) in [6.45, 7) is 2.07. The van der Waals surface area contributed by atoms with Gasteiger partial charge in [-0.05, 0) is 42.8 Å². The lowest BCUT2D eigenvalue weighted by atomic mass is 10.0. The highest BCUT2D eigenvalue weighted by molar-refractivity contribution is 6.30. The molecule has 4 rings (SSSR count). The van der Waals surface area contributed by atoms with E-state index in [1.807, 2.05) is 12.1 Å². The molecule has 34 heavy (non-hydrogen) atoms. The van der Waals surface area contributed by atoms with E-state index in [1.54, 1.807) is 36.4 Å². The monoisotopic (exact) mass is 490 g/mol. The van der Waals surface area contributed by atoms with E-state index in [2.05, 4.69) is 10.2 Å². The normalized spacial score (nSPS) is 18.9. The maximum absolute atomic E-state index is 10.8. The standard InChI is InChI=1S/C20H23ClN2O5.C6H12/c21-14-5-7-16(8-6-14)28-17-9-10-23(12-17)11-15(24)13-27-19-4-2-1-3-18(19)22-20(25)26;1-2-4-6-5-3-1/h1-8,15,17,22,24H,9-13H2,(H,25,26);1-6H2. The Hall–Kier alpha value is -2.48. The number of benzene rings is 2. The van der Waals surface area contributed by atoms with Crippen molar-refractivity contribution in [3.8, 4) is 11.5 Å². The van der Waals surface area contributed by atoms with Crippen LogP contribution in [-0.2, 0) is 0 Å². The lowest BCUT2D eigenvalue weighted by molar-refractivity contribution is 0.0722. The second kappa shape index (κ2) is 14.0. The first-order valence-electron chi connectivity index (χ1n) is 12.0. The Bertz CT molecular complexity index is 864. The van der Waals surface area contributed by atoms with Gasteiger partial charge in [-0.15, -0.1) is 0 Å². The Morgan fingerprint density at radius 1 is 1.06 bits per heavy atom. The van der Waals surface area contributed by atoms with Crippen molar-refractivity contribution in [3.05, 3.63) is 53.6 Å².